The average Bonchev–Trinajstić information content (AvgIpc) is 2.30. The molecule has 0 bridgehead atoms. The van der Waals surface area contributed by atoms with Crippen molar-refractivity contribution in [3.8, 4) is 0 Å². The highest BCUT2D eigenvalue weighted by molar-refractivity contribution is 9.10. The third-order valence-electron chi connectivity index (χ3n) is 2.33. The Hall–Kier alpha value is -0.540. The molecule has 0 unspecified atom stereocenters. The van der Waals surface area contributed by atoms with E-state index in [-0.39, 0.29) is 0 Å². The van der Waals surface area contributed by atoms with Crippen LogP contribution in [0.2, 0.25) is 0 Å². The van der Waals surface area contributed by atoms with Gasteiger partial charge in [0.25, 0.3) is 0 Å². The molecule has 1 rings (SSSR count). The molecule has 0 saturated carbocycles. The molecular weight excluding hydrogens is 266 g/mol. The quantitative estimate of drug-likeness (QED) is 0.727. The summed E-state index contributed by atoms with van der Waals surface area (Å²) >= 11 is 3.50. The van der Waals surface area contributed by atoms with Crippen molar-refractivity contribution in [2.24, 2.45) is 0 Å². The Bertz CT molecular complexity index is 291. The van der Waals surface area contributed by atoms with Gasteiger partial charge in [-0.2, -0.15) is 0 Å². The molecule has 1 N–H and O–H groups in total. The van der Waals surface area contributed by atoms with Crippen LogP contribution in [0.15, 0.2) is 28.7 Å². The van der Waals surface area contributed by atoms with Gasteiger partial charge in [-0.05, 0) is 34.5 Å². The summed E-state index contributed by atoms with van der Waals surface area (Å²) < 4.78 is 6.62. The Labute approximate surface area is 107 Å². The lowest BCUT2D eigenvalue weighted by molar-refractivity contribution is 0.140. The standard InChI is InChI=1S/C13H20BrNO/c1-2-3-6-10-16-11-9-15-13-8-5-4-7-12(13)14/h4-5,7-8,15H,2-3,6,9-11H2,1H3. The lowest BCUT2D eigenvalue weighted by atomic mass is 10.3. The summed E-state index contributed by atoms with van der Waals surface area (Å²) in [6.45, 7) is 4.71. The van der Waals surface area contributed by atoms with Crippen LogP contribution in [-0.4, -0.2) is 19.8 Å². The first-order chi connectivity index (χ1) is 7.84. The molecule has 0 aliphatic rings. The highest BCUT2D eigenvalue weighted by Gasteiger charge is 1.96. The number of halogens is 1. The van der Waals surface area contributed by atoms with Gasteiger partial charge in [-0.15, -0.1) is 0 Å². The second-order valence-electron chi connectivity index (χ2n) is 3.73. The Morgan fingerprint density at radius 2 is 2.00 bits per heavy atom. The van der Waals surface area contributed by atoms with Crippen molar-refractivity contribution in [3.63, 3.8) is 0 Å². The highest BCUT2D eigenvalue weighted by Crippen LogP contribution is 2.20. The van der Waals surface area contributed by atoms with E-state index in [1.165, 1.54) is 19.3 Å². The summed E-state index contributed by atoms with van der Waals surface area (Å²) in [4.78, 5) is 0. The molecule has 0 spiro atoms. The Balaban J connectivity index is 2.05. The van der Waals surface area contributed by atoms with Crippen LogP contribution in [0, 0.1) is 0 Å². The summed E-state index contributed by atoms with van der Waals surface area (Å²) in [5.74, 6) is 0. The number of hydrogen-bond acceptors (Lipinski definition) is 2. The van der Waals surface area contributed by atoms with Gasteiger partial charge >= 0.3 is 0 Å². The molecule has 2 nitrogen and oxygen atoms in total. The summed E-state index contributed by atoms with van der Waals surface area (Å²) in [5, 5.41) is 3.33. The van der Waals surface area contributed by atoms with Crippen LogP contribution < -0.4 is 5.32 Å². The van der Waals surface area contributed by atoms with E-state index in [1.807, 2.05) is 18.2 Å². The van der Waals surface area contributed by atoms with Crippen LogP contribution in [-0.2, 0) is 4.74 Å². The Kier molecular flexibility index (Phi) is 7.26. The number of ether oxygens (including phenoxy) is 1. The topological polar surface area (TPSA) is 21.3 Å². The minimum atomic E-state index is 0.769. The van der Waals surface area contributed by atoms with Crippen molar-refractivity contribution >= 4 is 21.6 Å². The van der Waals surface area contributed by atoms with Crippen LogP contribution >= 0.6 is 15.9 Å². The Morgan fingerprint density at radius 1 is 1.19 bits per heavy atom. The molecule has 0 aliphatic carbocycles. The second-order valence-corrected chi connectivity index (χ2v) is 4.58. The normalized spacial score (nSPS) is 10.4. The summed E-state index contributed by atoms with van der Waals surface area (Å²) in [5.41, 5.74) is 1.12. The zero-order chi connectivity index (χ0) is 11.6. The number of anilines is 1. The molecule has 0 fully saturated rings. The van der Waals surface area contributed by atoms with E-state index in [1.54, 1.807) is 0 Å². The van der Waals surface area contributed by atoms with E-state index in [0.29, 0.717) is 0 Å². The third kappa shape index (κ3) is 5.52. The second kappa shape index (κ2) is 8.59. The van der Waals surface area contributed by atoms with Crippen LogP contribution in [0.1, 0.15) is 26.2 Å². The fourth-order valence-electron chi connectivity index (χ4n) is 1.42. The Morgan fingerprint density at radius 3 is 2.75 bits per heavy atom. The van der Waals surface area contributed by atoms with Crippen molar-refractivity contribution in [1.82, 2.24) is 0 Å². The molecule has 0 amide bonds. The van der Waals surface area contributed by atoms with Crippen molar-refractivity contribution in [2.75, 3.05) is 25.1 Å². The average molecular weight is 286 g/mol. The monoisotopic (exact) mass is 285 g/mol. The lowest BCUT2D eigenvalue weighted by Gasteiger charge is -2.08. The molecule has 90 valence electrons. The van der Waals surface area contributed by atoms with Gasteiger partial charge in [0.05, 0.1) is 6.61 Å². The van der Waals surface area contributed by atoms with E-state index < -0.39 is 0 Å². The molecule has 16 heavy (non-hydrogen) atoms. The van der Waals surface area contributed by atoms with Gasteiger partial charge < -0.3 is 10.1 Å². The summed E-state index contributed by atoms with van der Waals surface area (Å²) in [6, 6.07) is 8.12. The first-order valence-corrected chi connectivity index (χ1v) is 6.70. The van der Waals surface area contributed by atoms with E-state index >= 15 is 0 Å². The maximum atomic E-state index is 5.52. The van der Waals surface area contributed by atoms with Crippen molar-refractivity contribution < 1.29 is 4.74 Å². The predicted octanol–water partition coefficient (Wildman–Crippen LogP) is 4.07. The maximum absolute atomic E-state index is 5.52. The van der Waals surface area contributed by atoms with Crippen LogP contribution in [0.4, 0.5) is 5.69 Å². The molecule has 0 aromatic heterocycles. The predicted molar refractivity (Wildman–Crippen MR) is 73.0 cm³/mol. The van der Waals surface area contributed by atoms with E-state index in [9.17, 15) is 0 Å². The molecule has 0 aliphatic heterocycles. The molecule has 3 heteroatoms. The third-order valence-corrected chi connectivity index (χ3v) is 3.02. The molecule has 0 radical (unpaired) electrons. The molecule has 0 saturated heterocycles. The minimum Gasteiger partial charge on any atom is -0.382 e. The lowest BCUT2D eigenvalue weighted by Crippen LogP contribution is -2.10. The van der Waals surface area contributed by atoms with Crippen molar-refractivity contribution in [2.45, 2.75) is 26.2 Å². The number of nitrogens with one attached hydrogen (secondary N) is 1. The molecule has 1 aromatic rings. The van der Waals surface area contributed by atoms with E-state index in [0.717, 1.165) is 29.9 Å². The van der Waals surface area contributed by atoms with Gasteiger partial charge in [-0.25, -0.2) is 0 Å². The van der Waals surface area contributed by atoms with E-state index in [2.05, 4.69) is 34.2 Å². The van der Waals surface area contributed by atoms with Crippen LogP contribution in [0.25, 0.3) is 0 Å². The number of hydrogen-bond donors (Lipinski definition) is 1. The molecule has 1 aromatic carbocycles. The van der Waals surface area contributed by atoms with Gasteiger partial charge in [0.15, 0.2) is 0 Å². The molecule has 0 atom stereocenters. The molecular formula is C13H20BrNO. The number of unbranched alkanes of at least 4 members (excludes halogenated alkanes) is 2. The van der Waals surface area contributed by atoms with Crippen LogP contribution in [0.5, 0.6) is 0 Å². The number of para-hydroxylation sites is 1. The smallest absolute Gasteiger partial charge is 0.0639 e. The van der Waals surface area contributed by atoms with E-state index in [4.69, 9.17) is 4.74 Å². The van der Waals surface area contributed by atoms with Gasteiger partial charge in [-0.1, -0.05) is 31.9 Å². The summed E-state index contributed by atoms with van der Waals surface area (Å²) in [6.07, 6.45) is 3.68. The minimum absolute atomic E-state index is 0.769. The fourth-order valence-corrected chi connectivity index (χ4v) is 1.84. The zero-order valence-electron chi connectivity index (χ0n) is 9.84. The van der Waals surface area contributed by atoms with Gasteiger partial charge in [0.1, 0.15) is 0 Å². The van der Waals surface area contributed by atoms with Gasteiger partial charge in [-0.3, -0.25) is 0 Å². The SMILES string of the molecule is CCCCCOCCNc1ccccc1Br. The molecule has 0 heterocycles. The van der Waals surface area contributed by atoms with Crippen molar-refractivity contribution in [3.05, 3.63) is 28.7 Å². The highest BCUT2D eigenvalue weighted by atomic mass is 79.9. The number of benzene rings is 1. The van der Waals surface area contributed by atoms with Gasteiger partial charge in [0, 0.05) is 23.3 Å². The zero-order valence-corrected chi connectivity index (χ0v) is 11.4. The first kappa shape index (κ1) is 13.5. The van der Waals surface area contributed by atoms with Crippen molar-refractivity contribution in [1.29, 1.82) is 0 Å². The largest absolute Gasteiger partial charge is 0.382 e. The summed E-state index contributed by atoms with van der Waals surface area (Å²) in [7, 11) is 0. The fraction of sp³-hybridized carbons (Fsp3) is 0.538. The van der Waals surface area contributed by atoms with Crippen LogP contribution in [0.3, 0.4) is 0 Å². The maximum Gasteiger partial charge on any atom is 0.0639 e. The first-order valence-electron chi connectivity index (χ1n) is 5.90. The van der Waals surface area contributed by atoms with Gasteiger partial charge in [0.2, 0.25) is 0 Å². The number of rotatable bonds is 8.